The third-order valence-electron chi connectivity index (χ3n) is 3.78. The topological polar surface area (TPSA) is 29.5 Å². The monoisotopic (exact) mass is 321 g/mol. The van der Waals surface area contributed by atoms with Crippen molar-refractivity contribution in [2.45, 2.75) is 13.0 Å². The molecule has 124 valence electrons. The van der Waals surface area contributed by atoms with Crippen LogP contribution in [0.2, 0.25) is 0 Å². The van der Waals surface area contributed by atoms with Gasteiger partial charge in [-0.1, -0.05) is 48.6 Å². The average molecular weight is 321 g/mol. The maximum Gasteiger partial charge on any atom is 0.254 e. The number of hydrogen-bond donors (Lipinski definition) is 0. The molecule has 3 heteroatoms. The molecule has 0 unspecified atom stereocenters. The molecule has 24 heavy (non-hydrogen) atoms. The summed E-state index contributed by atoms with van der Waals surface area (Å²) in [6.45, 7) is 6.22. The summed E-state index contributed by atoms with van der Waals surface area (Å²) < 4.78 is 5.22. The van der Waals surface area contributed by atoms with Gasteiger partial charge < -0.3 is 9.64 Å². The van der Waals surface area contributed by atoms with E-state index in [4.69, 9.17) is 4.74 Å². The second kappa shape index (κ2) is 8.73. The minimum atomic E-state index is -0.161. The molecule has 1 atom stereocenters. The molecule has 0 heterocycles. The van der Waals surface area contributed by atoms with E-state index >= 15 is 0 Å². The molecular formula is C21H23NO2. The number of ether oxygens (including phenoxy) is 1. The number of amides is 1. The van der Waals surface area contributed by atoms with Gasteiger partial charge in [-0.15, -0.1) is 6.58 Å². The van der Waals surface area contributed by atoms with Crippen LogP contribution in [0.3, 0.4) is 0 Å². The van der Waals surface area contributed by atoms with E-state index in [1.165, 1.54) is 0 Å². The summed E-state index contributed by atoms with van der Waals surface area (Å²) >= 11 is 0. The van der Waals surface area contributed by atoms with Gasteiger partial charge in [-0.2, -0.15) is 0 Å². The van der Waals surface area contributed by atoms with Crippen molar-refractivity contribution >= 4 is 5.91 Å². The molecule has 0 N–H and O–H groups in total. The molecule has 0 radical (unpaired) electrons. The molecule has 0 saturated heterocycles. The largest absolute Gasteiger partial charge is 0.497 e. The maximum atomic E-state index is 13.0. The van der Waals surface area contributed by atoms with E-state index in [0.717, 1.165) is 11.3 Å². The third-order valence-corrected chi connectivity index (χ3v) is 3.78. The van der Waals surface area contributed by atoms with Crippen molar-refractivity contribution in [3.8, 4) is 5.75 Å². The van der Waals surface area contributed by atoms with Crippen molar-refractivity contribution in [3.05, 3.63) is 90.5 Å². The molecular weight excluding hydrogens is 298 g/mol. The summed E-state index contributed by atoms with van der Waals surface area (Å²) in [5.74, 6) is 0.775. The van der Waals surface area contributed by atoms with Crippen molar-refractivity contribution < 1.29 is 9.53 Å². The zero-order valence-corrected chi connectivity index (χ0v) is 14.2. The van der Waals surface area contributed by atoms with Crippen LogP contribution in [0, 0.1) is 0 Å². The molecule has 0 spiro atoms. The van der Waals surface area contributed by atoms with E-state index in [0.29, 0.717) is 12.1 Å². The lowest BCUT2D eigenvalue weighted by molar-refractivity contribution is 0.0734. The molecule has 2 aromatic rings. The Morgan fingerprint density at radius 3 is 2.38 bits per heavy atom. The van der Waals surface area contributed by atoms with Crippen LogP contribution in [0.5, 0.6) is 5.75 Å². The lowest BCUT2D eigenvalue weighted by Crippen LogP contribution is -2.34. The molecule has 0 aliphatic heterocycles. The number of hydrogen-bond acceptors (Lipinski definition) is 2. The van der Waals surface area contributed by atoms with Crippen LogP contribution in [-0.4, -0.2) is 24.5 Å². The van der Waals surface area contributed by atoms with Crippen molar-refractivity contribution in [1.82, 2.24) is 4.90 Å². The first-order valence-electron chi connectivity index (χ1n) is 7.95. The first kappa shape index (κ1) is 17.5. The normalized spacial score (nSPS) is 11.9. The zero-order chi connectivity index (χ0) is 17.4. The Bertz CT molecular complexity index is 690. The molecule has 3 nitrogen and oxygen atoms in total. The van der Waals surface area contributed by atoms with E-state index in [2.05, 4.69) is 6.58 Å². The number of methoxy groups -OCH3 is 1. The van der Waals surface area contributed by atoms with Gasteiger partial charge in [0, 0.05) is 12.1 Å². The van der Waals surface area contributed by atoms with Crippen molar-refractivity contribution in [3.63, 3.8) is 0 Å². The fraction of sp³-hybridized carbons (Fsp3) is 0.190. The van der Waals surface area contributed by atoms with Gasteiger partial charge in [0.1, 0.15) is 5.75 Å². The highest BCUT2D eigenvalue weighted by molar-refractivity contribution is 5.94. The highest BCUT2D eigenvalue weighted by atomic mass is 16.5. The summed E-state index contributed by atoms with van der Waals surface area (Å²) in [7, 11) is 1.64. The summed E-state index contributed by atoms with van der Waals surface area (Å²) in [5, 5.41) is 0. The van der Waals surface area contributed by atoms with Crippen LogP contribution >= 0.6 is 0 Å². The van der Waals surface area contributed by atoms with Crippen LogP contribution in [0.15, 0.2) is 79.4 Å². The van der Waals surface area contributed by atoms with Crippen LogP contribution in [0.25, 0.3) is 0 Å². The highest BCUT2D eigenvalue weighted by Gasteiger charge is 2.23. The Morgan fingerprint density at radius 2 is 1.83 bits per heavy atom. The quantitative estimate of drug-likeness (QED) is 0.695. The van der Waals surface area contributed by atoms with Crippen LogP contribution in [0.4, 0.5) is 0 Å². The molecule has 0 bridgehead atoms. The van der Waals surface area contributed by atoms with E-state index < -0.39 is 0 Å². The van der Waals surface area contributed by atoms with Gasteiger partial charge in [0.25, 0.3) is 5.91 Å². The van der Waals surface area contributed by atoms with E-state index in [1.54, 1.807) is 13.2 Å². The SMILES string of the molecule is C=CCN(C(=O)c1ccccc1)[C@@H](/C=C/C)c1ccc(OC)cc1. The molecule has 0 saturated carbocycles. The minimum absolute atomic E-state index is 0.0191. The van der Waals surface area contributed by atoms with Gasteiger partial charge in [0.2, 0.25) is 0 Å². The van der Waals surface area contributed by atoms with E-state index in [-0.39, 0.29) is 11.9 Å². The molecule has 0 fully saturated rings. The predicted molar refractivity (Wildman–Crippen MR) is 98.2 cm³/mol. The Kier molecular flexibility index (Phi) is 6.38. The van der Waals surface area contributed by atoms with Crippen molar-refractivity contribution in [2.75, 3.05) is 13.7 Å². The first-order valence-corrected chi connectivity index (χ1v) is 7.95. The van der Waals surface area contributed by atoms with E-state index in [1.807, 2.05) is 78.6 Å². The van der Waals surface area contributed by atoms with Crippen molar-refractivity contribution in [1.29, 1.82) is 0 Å². The predicted octanol–water partition coefficient (Wildman–Crippen LogP) is 4.64. The number of carbonyl (C=O) groups excluding carboxylic acids is 1. The van der Waals surface area contributed by atoms with Crippen LogP contribution in [0.1, 0.15) is 28.9 Å². The molecule has 0 aliphatic rings. The van der Waals surface area contributed by atoms with Gasteiger partial charge in [-0.25, -0.2) is 0 Å². The first-order chi connectivity index (χ1) is 11.7. The number of benzene rings is 2. The number of nitrogens with zero attached hydrogens (tertiary/aromatic N) is 1. The lowest BCUT2D eigenvalue weighted by Gasteiger charge is -2.29. The third kappa shape index (κ3) is 4.13. The number of rotatable bonds is 7. The Labute approximate surface area is 143 Å². The average Bonchev–Trinajstić information content (AvgIpc) is 2.65. The molecule has 1 amide bonds. The summed E-state index contributed by atoms with van der Waals surface area (Å²) in [6, 6.07) is 16.9. The van der Waals surface area contributed by atoms with Gasteiger partial charge in [0.05, 0.1) is 13.2 Å². The fourth-order valence-corrected chi connectivity index (χ4v) is 2.59. The Balaban J connectivity index is 2.39. The molecule has 2 rings (SSSR count). The highest BCUT2D eigenvalue weighted by Crippen LogP contribution is 2.26. The van der Waals surface area contributed by atoms with Gasteiger partial charge >= 0.3 is 0 Å². The van der Waals surface area contributed by atoms with E-state index in [9.17, 15) is 4.79 Å². The maximum absolute atomic E-state index is 13.0. The summed E-state index contributed by atoms with van der Waals surface area (Å²) in [5.41, 5.74) is 1.70. The smallest absolute Gasteiger partial charge is 0.254 e. The molecule has 2 aromatic carbocycles. The zero-order valence-electron chi connectivity index (χ0n) is 14.2. The lowest BCUT2D eigenvalue weighted by atomic mass is 10.0. The second-order valence-electron chi connectivity index (χ2n) is 5.36. The van der Waals surface area contributed by atoms with Crippen LogP contribution in [-0.2, 0) is 0 Å². The second-order valence-corrected chi connectivity index (χ2v) is 5.36. The minimum Gasteiger partial charge on any atom is -0.497 e. The Hall–Kier alpha value is -2.81. The standard InChI is InChI=1S/C21H23NO2/c1-4-9-20(17-12-14-19(24-3)15-13-17)22(16-5-2)21(23)18-10-7-6-8-11-18/h4-15,20H,2,16H2,1,3H3/b9-4+/t20-/m0/s1. The fourth-order valence-electron chi connectivity index (χ4n) is 2.59. The number of carbonyl (C=O) groups is 1. The molecule has 0 aromatic heterocycles. The summed E-state index contributed by atoms with van der Waals surface area (Å²) in [6.07, 6.45) is 5.73. The summed E-state index contributed by atoms with van der Waals surface area (Å²) in [4.78, 5) is 14.8. The molecule has 0 aliphatic carbocycles. The van der Waals surface area contributed by atoms with Gasteiger partial charge in [0.15, 0.2) is 0 Å². The van der Waals surface area contributed by atoms with Crippen molar-refractivity contribution in [2.24, 2.45) is 0 Å². The van der Waals surface area contributed by atoms with Gasteiger partial charge in [-0.05, 0) is 36.8 Å². The Morgan fingerprint density at radius 1 is 1.17 bits per heavy atom. The van der Waals surface area contributed by atoms with Crippen LogP contribution < -0.4 is 4.74 Å². The van der Waals surface area contributed by atoms with Gasteiger partial charge in [-0.3, -0.25) is 4.79 Å². The number of allylic oxidation sites excluding steroid dienone is 1.